The van der Waals surface area contributed by atoms with Crippen LogP contribution in [0.25, 0.3) is 0 Å². The van der Waals surface area contributed by atoms with E-state index in [1.807, 2.05) is 0 Å². The van der Waals surface area contributed by atoms with E-state index in [9.17, 15) is 0 Å². The predicted octanol–water partition coefficient (Wildman–Crippen LogP) is 3.59. The lowest BCUT2D eigenvalue weighted by Crippen LogP contribution is -2.35. The monoisotopic (exact) mass is 289 g/mol. The van der Waals surface area contributed by atoms with Gasteiger partial charge in [0, 0.05) is 31.2 Å². The van der Waals surface area contributed by atoms with Crippen LogP contribution < -0.4 is 5.32 Å². The number of aromatic nitrogens is 1. The second kappa shape index (κ2) is 6.89. The Balaban J connectivity index is 1.95. The van der Waals surface area contributed by atoms with Crippen LogP contribution in [0.3, 0.4) is 0 Å². The van der Waals surface area contributed by atoms with Crippen LogP contribution >= 0.6 is 0 Å². The normalized spacial score (nSPS) is 16.0. The van der Waals surface area contributed by atoms with Crippen molar-refractivity contribution in [3.63, 3.8) is 0 Å². The maximum atomic E-state index is 4.82. The summed E-state index contributed by atoms with van der Waals surface area (Å²) in [4.78, 5) is 7.38. The average Bonchev–Trinajstić information content (AvgIpc) is 3.19. The Kier molecular flexibility index (Phi) is 5.39. The summed E-state index contributed by atoms with van der Waals surface area (Å²) in [6.45, 7) is 14.2. The van der Waals surface area contributed by atoms with Crippen molar-refractivity contribution >= 4 is 0 Å². The van der Waals surface area contributed by atoms with Gasteiger partial charge in [0.05, 0.1) is 11.4 Å². The lowest BCUT2D eigenvalue weighted by atomic mass is 10.1. The molecule has 1 aromatic heterocycles. The first-order valence-electron chi connectivity index (χ1n) is 8.27. The Hall–Kier alpha value is -0.930. The summed E-state index contributed by atoms with van der Waals surface area (Å²) in [5, 5.41) is 3.51. The van der Waals surface area contributed by atoms with Crippen molar-refractivity contribution in [1.29, 1.82) is 0 Å². The summed E-state index contributed by atoms with van der Waals surface area (Å²) in [6, 6.07) is 6.99. The van der Waals surface area contributed by atoms with Gasteiger partial charge in [-0.15, -0.1) is 0 Å². The Morgan fingerprint density at radius 3 is 2.48 bits per heavy atom. The molecule has 0 saturated heterocycles. The molecule has 21 heavy (non-hydrogen) atoms. The molecule has 1 aromatic rings. The van der Waals surface area contributed by atoms with E-state index in [0.717, 1.165) is 24.7 Å². The Morgan fingerprint density at radius 1 is 1.24 bits per heavy atom. The quantitative estimate of drug-likeness (QED) is 0.831. The summed E-state index contributed by atoms with van der Waals surface area (Å²) in [6.07, 6.45) is 2.82. The standard InChI is InChI=1S/C18H31N3/c1-14(2)21(12-15-9-10-15)13-17-8-6-7-16(20-17)11-19-18(3,4)5/h6-8,14-15,19H,9-13H2,1-5H3. The summed E-state index contributed by atoms with van der Waals surface area (Å²) in [5.74, 6) is 0.929. The zero-order valence-electron chi connectivity index (χ0n) is 14.3. The molecule has 0 amide bonds. The van der Waals surface area contributed by atoms with Crippen LogP contribution in [0.15, 0.2) is 18.2 Å². The number of nitrogens with zero attached hydrogens (tertiary/aromatic N) is 2. The zero-order valence-corrected chi connectivity index (χ0v) is 14.3. The summed E-state index contributed by atoms with van der Waals surface area (Å²) in [7, 11) is 0. The van der Waals surface area contributed by atoms with Crippen molar-refractivity contribution in [2.24, 2.45) is 5.92 Å². The number of pyridine rings is 1. The first-order valence-corrected chi connectivity index (χ1v) is 8.27. The Morgan fingerprint density at radius 2 is 1.90 bits per heavy atom. The molecule has 0 atom stereocenters. The van der Waals surface area contributed by atoms with Crippen molar-refractivity contribution in [2.45, 2.75) is 72.1 Å². The smallest absolute Gasteiger partial charge is 0.0547 e. The molecule has 1 fully saturated rings. The van der Waals surface area contributed by atoms with Gasteiger partial charge in [0.2, 0.25) is 0 Å². The fraction of sp³-hybridized carbons (Fsp3) is 0.722. The number of hydrogen-bond donors (Lipinski definition) is 1. The molecule has 2 rings (SSSR count). The minimum Gasteiger partial charge on any atom is -0.306 e. The Bertz CT molecular complexity index is 444. The first-order chi connectivity index (χ1) is 9.83. The number of nitrogens with one attached hydrogen (secondary N) is 1. The molecule has 1 aliphatic rings. The van der Waals surface area contributed by atoms with Gasteiger partial charge in [-0.1, -0.05) is 6.07 Å². The minimum absolute atomic E-state index is 0.133. The minimum atomic E-state index is 0.133. The summed E-state index contributed by atoms with van der Waals surface area (Å²) in [5.41, 5.74) is 2.46. The maximum Gasteiger partial charge on any atom is 0.0547 e. The van der Waals surface area contributed by atoms with Crippen LogP contribution in [0.1, 0.15) is 58.8 Å². The van der Waals surface area contributed by atoms with Crippen molar-refractivity contribution < 1.29 is 0 Å². The second-order valence-electron chi connectivity index (χ2n) is 7.69. The van der Waals surface area contributed by atoms with Crippen molar-refractivity contribution in [3.8, 4) is 0 Å². The van der Waals surface area contributed by atoms with E-state index in [0.29, 0.717) is 6.04 Å². The van der Waals surface area contributed by atoms with Crippen LogP contribution in [-0.4, -0.2) is 28.0 Å². The van der Waals surface area contributed by atoms with E-state index < -0.39 is 0 Å². The van der Waals surface area contributed by atoms with E-state index >= 15 is 0 Å². The van der Waals surface area contributed by atoms with Crippen molar-refractivity contribution in [3.05, 3.63) is 29.6 Å². The fourth-order valence-electron chi connectivity index (χ4n) is 2.37. The highest BCUT2D eigenvalue weighted by Crippen LogP contribution is 2.30. The highest BCUT2D eigenvalue weighted by molar-refractivity contribution is 5.11. The molecule has 118 valence electrons. The van der Waals surface area contributed by atoms with Crippen molar-refractivity contribution in [1.82, 2.24) is 15.2 Å². The van der Waals surface area contributed by atoms with Gasteiger partial charge in [0.15, 0.2) is 0 Å². The lowest BCUT2D eigenvalue weighted by Gasteiger charge is -2.26. The first kappa shape index (κ1) is 16.4. The van der Waals surface area contributed by atoms with Gasteiger partial charge < -0.3 is 5.32 Å². The van der Waals surface area contributed by atoms with Crippen LogP contribution in [0, 0.1) is 5.92 Å². The lowest BCUT2D eigenvalue weighted by molar-refractivity contribution is 0.201. The predicted molar refractivity (Wildman–Crippen MR) is 89.1 cm³/mol. The molecule has 0 aromatic carbocycles. The van der Waals surface area contributed by atoms with E-state index in [2.05, 4.69) is 63.0 Å². The fourth-order valence-corrected chi connectivity index (χ4v) is 2.37. The average molecular weight is 289 g/mol. The molecule has 3 nitrogen and oxygen atoms in total. The maximum absolute atomic E-state index is 4.82. The van der Waals surface area contributed by atoms with E-state index in [1.54, 1.807) is 0 Å². The molecular weight excluding hydrogens is 258 g/mol. The van der Waals surface area contributed by atoms with E-state index in [4.69, 9.17) is 4.98 Å². The van der Waals surface area contributed by atoms with Gasteiger partial charge in [-0.3, -0.25) is 9.88 Å². The number of rotatable bonds is 7. The SMILES string of the molecule is CC(C)N(Cc1cccc(CNC(C)(C)C)n1)CC1CC1. The third-order valence-electron chi connectivity index (χ3n) is 3.95. The topological polar surface area (TPSA) is 28.2 Å². The van der Waals surface area contributed by atoms with Gasteiger partial charge in [-0.25, -0.2) is 0 Å². The van der Waals surface area contributed by atoms with E-state index in [-0.39, 0.29) is 5.54 Å². The molecule has 0 radical (unpaired) electrons. The highest BCUT2D eigenvalue weighted by atomic mass is 15.2. The Labute approximate surface area is 130 Å². The summed E-state index contributed by atoms with van der Waals surface area (Å²) < 4.78 is 0. The molecule has 0 bridgehead atoms. The molecule has 0 aliphatic heterocycles. The van der Waals surface area contributed by atoms with E-state index in [1.165, 1.54) is 25.1 Å². The molecule has 0 unspecified atom stereocenters. The summed E-state index contributed by atoms with van der Waals surface area (Å²) >= 11 is 0. The van der Waals surface area contributed by atoms with Gasteiger partial charge in [0.25, 0.3) is 0 Å². The second-order valence-corrected chi connectivity index (χ2v) is 7.69. The number of hydrogen-bond acceptors (Lipinski definition) is 3. The zero-order chi connectivity index (χ0) is 15.5. The van der Waals surface area contributed by atoms with Gasteiger partial charge in [0.1, 0.15) is 0 Å². The third kappa shape index (κ3) is 6.15. The van der Waals surface area contributed by atoms with Gasteiger partial charge >= 0.3 is 0 Å². The van der Waals surface area contributed by atoms with Crippen LogP contribution in [0.2, 0.25) is 0 Å². The van der Waals surface area contributed by atoms with Crippen LogP contribution in [0.5, 0.6) is 0 Å². The third-order valence-corrected chi connectivity index (χ3v) is 3.95. The van der Waals surface area contributed by atoms with Crippen molar-refractivity contribution in [2.75, 3.05) is 6.54 Å². The molecule has 1 N–H and O–H groups in total. The molecule has 1 saturated carbocycles. The molecule has 1 heterocycles. The highest BCUT2D eigenvalue weighted by Gasteiger charge is 2.25. The molecular formula is C18H31N3. The van der Waals surface area contributed by atoms with Crippen LogP contribution in [0.4, 0.5) is 0 Å². The molecule has 0 spiro atoms. The van der Waals surface area contributed by atoms with Gasteiger partial charge in [-0.2, -0.15) is 0 Å². The molecule has 3 heteroatoms. The largest absolute Gasteiger partial charge is 0.306 e. The van der Waals surface area contributed by atoms with Crippen LogP contribution in [-0.2, 0) is 13.1 Å². The van der Waals surface area contributed by atoms with Gasteiger partial charge in [-0.05, 0) is 65.5 Å². The molecule has 1 aliphatic carbocycles.